The number of nitrogens with two attached hydrogens (primary N) is 1. The molecule has 0 saturated carbocycles. The SMILES string of the molecule is N=C(N)Nc1cccc(C(=O)NCC(=O)NCC(C(=O)O)c2cc(Cl)cc(Cl)c2)c1. The van der Waals surface area contributed by atoms with E-state index in [-0.39, 0.29) is 34.7 Å². The topological polar surface area (TPSA) is 157 Å². The van der Waals surface area contributed by atoms with Gasteiger partial charge in [0.1, 0.15) is 0 Å². The third-order valence-electron chi connectivity index (χ3n) is 3.90. The van der Waals surface area contributed by atoms with E-state index in [2.05, 4.69) is 16.0 Å². The molecule has 0 fully saturated rings. The fourth-order valence-electron chi connectivity index (χ4n) is 2.56. The molecule has 7 N–H and O–H groups in total. The molecule has 11 heteroatoms. The zero-order chi connectivity index (χ0) is 22.3. The Hall–Kier alpha value is -3.30. The average Bonchev–Trinajstić information content (AvgIpc) is 2.65. The Kier molecular flexibility index (Phi) is 8.02. The number of carbonyl (C=O) groups excluding carboxylic acids is 2. The van der Waals surface area contributed by atoms with Gasteiger partial charge in [0.15, 0.2) is 5.96 Å². The van der Waals surface area contributed by atoms with Gasteiger partial charge < -0.3 is 26.8 Å². The summed E-state index contributed by atoms with van der Waals surface area (Å²) in [6.45, 7) is -0.565. The molecular weight excluding hydrogens is 433 g/mol. The van der Waals surface area contributed by atoms with Crippen LogP contribution in [0.1, 0.15) is 21.8 Å². The van der Waals surface area contributed by atoms with Crippen LogP contribution < -0.4 is 21.7 Å². The second-order valence-electron chi connectivity index (χ2n) is 6.20. The lowest BCUT2D eigenvalue weighted by Gasteiger charge is -2.15. The summed E-state index contributed by atoms with van der Waals surface area (Å²) in [6, 6.07) is 10.6. The molecule has 0 saturated heterocycles. The summed E-state index contributed by atoms with van der Waals surface area (Å²) in [5, 5.41) is 24.7. The first-order valence-corrected chi connectivity index (χ1v) is 9.36. The van der Waals surface area contributed by atoms with Crippen LogP contribution in [0.2, 0.25) is 10.0 Å². The summed E-state index contributed by atoms with van der Waals surface area (Å²) < 4.78 is 0. The summed E-state index contributed by atoms with van der Waals surface area (Å²) in [6.07, 6.45) is 0. The van der Waals surface area contributed by atoms with Gasteiger partial charge in [0.05, 0.1) is 12.5 Å². The lowest BCUT2D eigenvalue weighted by atomic mass is 9.99. The van der Waals surface area contributed by atoms with Crippen LogP contribution in [-0.2, 0) is 9.59 Å². The van der Waals surface area contributed by atoms with E-state index < -0.39 is 23.7 Å². The minimum absolute atomic E-state index is 0.210. The highest BCUT2D eigenvalue weighted by molar-refractivity contribution is 6.34. The van der Waals surface area contributed by atoms with Crippen molar-refractivity contribution < 1.29 is 19.5 Å². The first kappa shape index (κ1) is 23.0. The van der Waals surface area contributed by atoms with Crippen LogP contribution in [0.5, 0.6) is 0 Å². The maximum atomic E-state index is 12.2. The highest BCUT2D eigenvalue weighted by Gasteiger charge is 2.22. The smallest absolute Gasteiger partial charge is 0.312 e. The first-order chi connectivity index (χ1) is 14.2. The zero-order valence-electron chi connectivity index (χ0n) is 15.5. The molecule has 1 unspecified atom stereocenters. The Balaban J connectivity index is 1.92. The Bertz CT molecular complexity index is 963. The van der Waals surface area contributed by atoms with E-state index in [1.165, 1.54) is 30.3 Å². The molecule has 30 heavy (non-hydrogen) atoms. The Morgan fingerprint density at radius 2 is 1.73 bits per heavy atom. The minimum Gasteiger partial charge on any atom is -0.481 e. The number of rotatable bonds is 8. The fourth-order valence-corrected chi connectivity index (χ4v) is 3.10. The van der Waals surface area contributed by atoms with Gasteiger partial charge >= 0.3 is 5.97 Å². The van der Waals surface area contributed by atoms with Gasteiger partial charge in [-0.25, -0.2) is 0 Å². The molecule has 158 valence electrons. The molecule has 0 aliphatic rings. The van der Waals surface area contributed by atoms with Gasteiger partial charge in [-0.15, -0.1) is 0 Å². The number of hydrogen-bond acceptors (Lipinski definition) is 4. The van der Waals surface area contributed by atoms with Crippen molar-refractivity contribution in [3.63, 3.8) is 0 Å². The number of aliphatic carboxylic acids is 1. The molecule has 0 radical (unpaired) electrons. The molecule has 0 heterocycles. The highest BCUT2D eigenvalue weighted by atomic mass is 35.5. The quantitative estimate of drug-likeness (QED) is 0.266. The molecule has 0 bridgehead atoms. The number of carbonyl (C=O) groups is 3. The van der Waals surface area contributed by atoms with E-state index in [9.17, 15) is 19.5 Å². The van der Waals surface area contributed by atoms with Crippen molar-refractivity contribution in [3.05, 3.63) is 63.6 Å². The maximum Gasteiger partial charge on any atom is 0.312 e. The van der Waals surface area contributed by atoms with Gasteiger partial charge in [0.2, 0.25) is 5.91 Å². The Labute approximate surface area is 182 Å². The van der Waals surface area contributed by atoms with E-state index >= 15 is 0 Å². The van der Waals surface area contributed by atoms with Crippen molar-refractivity contribution in [2.24, 2.45) is 5.73 Å². The van der Waals surface area contributed by atoms with Crippen molar-refractivity contribution in [2.45, 2.75) is 5.92 Å². The van der Waals surface area contributed by atoms with Crippen molar-refractivity contribution in [3.8, 4) is 0 Å². The Morgan fingerprint density at radius 1 is 1.07 bits per heavy atom. The molecule has 2 aromatic carbocycles. The number of carboxylic acid groups (broad SMARTS) is 1. The Morgan fingerprint density at radius 3 is 2.33 bits per heavy atom. The van der Waals surface area contributed by atoms with Gasteiger partial charge in [-0.1, -0.05) is 29.3 Å². The summed E-state index contributed by atoms with van der Waals surface area (Å²) in [4.78, 5) is 35.8. The molecule has 9 nitrogen and oxygen atoms in total. The first-order valence-electron chi connectivity index (χ1n) is 8.60. The van der Waals surface area contributed by atoms with Crippen molar-refractivity contribution in [2.75, 3.05) is 18.4 Å². The molecule has 1 atom stereocenters. The number of amides is 2. The largest absolute Gasteiger partial charge is 0.481 e. The van der Waals surface area contributed by atoms with Crippen molar-refractivity contribution in [1.29, 1.82) is 5.41 Å². The monoisotopic (exact) mass is 451 g/mol. The summed E-state index contributed by atoms with van der Waals surface area (Å²) in [5.41, 5.74) is 6.30. The zero-order valence-corrected chi connectivity index (χ0v) is 17.1. The van der Waals surface area contributed by atoms with E-state index in [0.29, 0.717) is 11.3 Å². The fraction of sp³-hybridized carbons (Fsp3) is 0.158. The molecule has 0 spiro atoms. The van der Waals surface area contributed by atoms with Crippen molar-refractivity contribution >= 4 is 52.6 Å². The number of nitrogens with one attached hydrogen (secondary N) is 4. The van der Waals surface area contributed by atoms with Crippen LogP contribution in [-0.4, -0.2) is 41.9 Å². The number of anilines is 1. The van der Waals surface area contributed by atoms with Crippen LogP contribution in [0.15, 0.2) is 42.5 Å². The maximum absolute atomic E-state index is 12.2. The average molecular weight is 452 g/mol. The minimum atomic E-state index is -1.16. The summed E-state index contributed by atoms with van der Waals surface area (Å²) in [5.74, 6) is -3.59. The predicted octanol–water partition coefficient (Wildman–Crippen LogP) is 2.01. The van der Waals surface area contributed by atoms with E-state index in [0.717, 1.165) is 0 Å². The third kappa shape index (κ3) is 6.94. The standard InChI is InChI=1S/C19H19Cl2N5O4/c20-12-4-11(5-13(21)7-12)15(18(29)30)8-24-16(27)9-25-17(28)10-2-1-3-14(6-10)26-19(22)23/h1-7,15H,8-9H2,(H,24,27)(H,25,28)(H,29,30)(H4,22,23,26). The van der Waals surface area contributed by atoms with Crippen molar-refractivity contribution in [1.82, 2.24) is 10.6 Å². The molecule has 2 rings (SSSR count). The van der Waals surface area contributed by atoms with E-state index in [1.54, 1.807) is 12.1 Å². The normalized spacial score (nSPS) is 11.3. The van der Waals surface area contributed by atoms with Crippen LogP contribution in [0.4, 0.5) is 5.69 Å². The number of halogens is 2. The van der Waals surface area contributed by atoms with Gasteiger partial charge in [-0.3, -0.25) is 19.8 Å². The third-order valence-corrected chi connectivity index (χ3v) is 4.34. The lowest BCUT2D eigenvalue weighted by molar-refractivity contribution is -0.138. The van der Waals surface area contributed by atoms with Crippen LogP contribution in [0.25, 0.3) is 0 Å². The van der Waals surface area contributed by atoms with Crippen LogP contribution >= 0.6 is 23.2 Å². The molecule has 2 aromatic rings. The number of hydrogen-bond donors (Lipinski definition) is 6. The van der Waals surface area contributed by atoms with Gasteiger partial charge in [0.25, 0.3) is 5.91 Å². The van der Waals surface area contributed by atoms with Crippen LogP contribution in [0, 0.1) is 5.41 Å². The number of carboxylic acids is 1. The molecule has 0 aliphatic heterocycles. The predicted molar refractivity (Wildman–Crippen MR) is 114 cm³/mol. The number of guanidine groups is 1. The summed E-state index contributed by atoms with van der Waals surface area (Å²) >= 11 is 11.8. The molecular formula is C19H19Cl2N5O4. The van der Waals surface area contributed by atoms with E-state index in [1.807, 2.05) is 0 Å². The second kappa shape index (κ2) is 10.5. The van der Waals surface area contributed by atoms with Crippen LogP contribution in [0.3, 0.4) is 0 Å². The molecule has 2 amide bonds. The lowest BCUT2D eigenvalue weighted by Crippen LogP contribution is -2.39. The second-order valence-corrected chi connectivity index (χ2v) is 7.07. The summed E-state index contributed by atoms with van der Waals surface area (Å²) in [7, 11) is 0. The van der Waals surface area contributed by atoms with E-state index in [4.69, 9.17) is 34.3 Å². The van der Waals surface area contributed by atoms with Gasteiger partial charge in [-0.2, -0.15) is 0 Å². The number of benzene rings is 2. The molecule has 0 aromatic heterocycles. The van der Waals surface area contributed by atoms with Gasteiger partial charge in [-0.05, 0) is 42.0 Å². The molecule has 0 aliphatic carbocycles. The van der Waals surface area contributed by atoms with Gasteiger partial charge in [0, 0.05) is 27.8 Å². The highest BCUT2D eigenvalue weighted by Crippen LogP contribution is 2.24.